The molecule has 0 saturated heterocycles. The third kappa shape index (κ3) is 2.31. The van der Waals surface area contributed by atoms with Crippen molar-refractivity contribution in [3.05, 3.63) is 11.1 Å². The predicted molar refractivity (Wildman–Crippen MR) is 64.2 cm³/mol. The van der Waals surface area contributed by atoms with Crippen LogP contribution in [0.2, 0.25) is 0 Å². The van der Waals surface area contributed by atoms with Gasteiger partial charge in [0.2, 0.25) is 0 Å². The number of carboxylic acids is 1. The molecule has 0 spiro atoms. The third-order valence-electron chi connectivity index (χ3n) is 4.13. The number of carboxylic acid groups (broad SMARTS) is 1. The van der Waals surface area contributed by atoms with E-state index in [1.165, 1.54) is 24.0 Å². The number of hydrogen-bond donors (Lipinski definition) is 1. The first-order chi connectivity index (χ1) is 7.39. The van der Waals surface area contributed by atoms with Crippen LogP contribution in [0.1, 0.15) is 52.9 Å². The average molecular weight is 222 g/mol. The number of aliphatic carboxylic acids is 1. The fraction of sp³-hybridized carbons (Fsp3) is 0.786. The number of allylic oxidation sites excluding steroid dienone is 1. The number of carbonyl (C=O) groups is 1. The lowest BCUT2D eigenvalue weighted by Gasteiger charge is -2.46. The summed E-state index contributed by atoms with van der Waals surface area (Å²) in [6.07, 6.45) is 5.05. The van der Waals surface area contributed by atoms with E-state index < -0.39 is 5.97 Å². The van der Waals surface area contributed by atoms with Gasteiger partial charge in [-0.25, -0.2) is 0 Å². The molecule has 0 aromatic rings. The Labute approximate surface area is 97.7 Å². The summed E-state index contributed by atoms with van der Waals surface area (Å²) in [5.74, 6) is 0.595. The molecule has 2 saturated carbocycles. The second-order valence-corrected chi connectivity index (χ2v) is 6.36. The van der Waals surface area contributed by atoms with E-state index in [4.69, 9.17) is 5.11 Å². The molecule has 0 amide bonds. The van der Waals surface area contributed by atoms with Gasteiger partial charge < -0.3 is 5.11 Å². The largest absolute Gasteiger partial charge is 0.481 e. The molecule has 1 unspecified atom stereocenters. The van der Waals surface area contributed by atoms with Crippen molar-refractivity contribution < 1.29 is 9.90 Å². The van der Waals surface area contributed by atoms with E-state index in [0.717, 1.165) is 12.8 Å². The third-order valence-corrected chi connectivity index (χ3v) is 4.13. The van der Waals surface area contributed by atoms with Crippen molar-refractivity contribution in [1.29, 1.82) is 0 Å². The predicted octanol–water partition coefficient (Wildman–Crippen LogP) is 3.62. The van der Waals surface area contributed by atoms with Crippen LogP contribution in [-0.2, 0) is 4.79 Å². The molecule has 0 radical (unpaired) electrons. The van der Waals surface area contributed by atoms with Gasteiger partial charge in [0.25, 0.3) is 0 Å². The van der Waals surface area contributed by atoms with E-state index in [0.29, 0.717) is 17.3 Å². The highest BCUT2D eigenvalue weighted by atomic mass is 16.4. The molecule has 1 N–H and O–H groups in total. The molecule has 0 aliphatic heterocycles. The Kier molecular flexibility index (Phi) is 2.85. The van der Waals surface area contributed by atoms with Crippen molar-refractivity contribution >= 4 is 5.97 Å². The van der Waals surface area contributed by atoms with Crippen LogP contribution in [-0.4, -0.2) is 11.1 Å². The van der Waals surface area contributed by atoms with Gasteiger partial charge in [0, 0.05) is 0 Å². The van der Waals surface area contributed by atoms with Crippen LogP contribution in [0.3, 0.4) is 0 Å². The Morgan fingerprint density at radius 3 is 2.25 bits per heavy atom. The maximum Gasteiger partial charge on any atom is 0.307 e. The molecule has 0 heterocycles. The Hall–Kier alpha value is -0.790. The molecule has 2 fully saturated rings. The van der Waals surface area contributed by atoms with Gasteiger partial charge >= 0.3 is 5.97 Å². The van der Waals surface area contributed by atoms with Crippen LogP contribution < -0.4 is 0 Å². The molecule has 0 aromatic heterocycles. The maximum atomic E-state index is 10.9. The molecule has 0 bridgehead atoms. The van der Waals surface area contributed by atoms with Gasteiger partial charge in [0.05, 0.1) is 6.42 Å². The standard InChI is InChI=1S/C14H22O2/c1-14(2,3)12-7-6-10(12)11(8-13(15)16)9-4-5-9/h10,12H,4-8H2,1-3H3,(H,15,16)/t10-,12?/m0/s1. The first kappa shape index (κ1) is 11.7. The van der Waals surface area contributed by atoms with Crippen molar-refractivity contribution in [1.82, 2.24) is 0 Å². The summed E-state index contributed by atoms with van der Waals surface area (Å²) in [6.45, 7) is 6.83. The van der Waals surface area contributed by atoms with Gasteiger partial charge in [0.1, 0.15) is 0 Å². The van der Waals surface area contributed by atoms with Gasteiger partial charge in [-0.05, 0) is 42.9 Å². The Morgan fingerprint density at radius 2 is 1.94 bits per heavy atom. The van der Waals surface area contributed by atoms with E-state index >= 15 is 0 Å². The Bertz CT molecular complexity index is 327. The van der Waals surface area contributed by atoms with E-state index in [-0.39, 0.29) is 6.42 Å². The zero-order valence-corrected chi connectivity index (χ0v) is 10.5. The van der Waals surface area contributed by atoms with Crippen LogP contribution in [0.4, 0.5) is 0 Å². The zero-order valence-electron chi connectivity index (χ0n) is 10.5. The highest BCUT2D eigenvalue weighted by Gasteiger charge is 2.42. The van der Waals surface area contributed by atoms with Crippen molar-refractivity contribution in [3.63, 3.8) is 0 Å². The SMILES string of the molecule is CC(C)(C)C1CC[C@H]1C(CC(=O)O)=C1CC1. The van der Waals surface area contributed by atoms with Gasteiger partial charge in [-0.2, -0.15) is 0 Å². The van der Waals surface area contributed by atoms with Gasteiger partial charge in [-0.15, -0.1) is 0 Å². The number of rotatable bonds is 3. The van der Waals surface area contributed by atoms with Crippen LogP contribution >= 0.6 is 0 Å². The van der Waals surface area contributed by atoms with E-state index in [1.54, 1.807) is 0 Å². The second kappa shape index (κ2) is 3.90. The molecule has 16 heavy (non-hydrogen) atoms. The molecular weight excluding hydrogens is 200 g/mol. The molecular formula is C14H22O2. The molecule has 2 aliphatic rings. The molecule has 2 atom stereocenters. The van der Waals surface area contributed by atoms with E-state index in [2.05, 4.69) is 20.8 Å². The zero-order chi connectivity index (χ0) is 11.9. The van der Waals surface area contributed by atoms with Crippen LogP contribution in [0, 0.1) is 17.3 Å². The lowest BCUT2D eigenvalue weighted by atomic mass is 9.58. The highest BCUT2D eigenvalue weighted by molar-refractivity contribution is 5.71. The summed E-state index contributed by atoms with van der Waals surface area (Å²) >= 11 is 0. The number of hydrogen-bond acceptors (Lipinski definition) is 1. The second-order valence-electron chi connectivity index (χ2n) is 6.36. The molecule has 0 aromatic carbocycles. The van der Waals surface area contributed by atoms with Crippen molar-refractivity contribution in [2.24, 2.45) is 17.3 Å². The molecule has 2 nitrogen and oxygen atoms in total. The summed E-state index contributed by atoms with van der Waals surface area (Å²) in [5.41, 5.74) is 3.04. The normalized spacial score (nSPS) is 28.6. The summed E-state index contributed by atoms with van der Waals surface area (Å²) in [5, 5.41) is 8.98. The van der Waals surface area contributed by atoms with E-state index in [1.807, 2.05) is 0 Å². The first-order valence-electron chi connectivity index (χ1n) is 6.32. The summed E-state index contributed by atoms with van der Waals surface area (Å²) in [7, 11) is 0. The summed E-state index contributed by atoms with van der Waals surface area (Å²) in [4.78, 5) is 10.9. The summed E-state index contributed by atoms with van der Waals surface area (Å²) in [6, 6.07) is 0. The molecule has 2 heteroatoms. The van der Waals surface area contributed by atoms with Crippen LogP contribution in [0.25, 0.3) is 0 Å². The quantitative estimate of drug-likeness (QED) is 0.740. The Balaban J connectivity index is 2.11. The minimum atomic E-state index is -0.658. The van der Waals surface area contributed by atoms with Crippen molar-refractivity contribution in [2.75, 3.05) is 0 Å². The fourth-order valence-corrected chi connectivity index (χ4v) is 3.02. The van der Waals surface area contributed by atoms with Crippen LogP contribution in [0.15, 0.2) is 11.1 Å². The molecule has 2 aliphatic carbocycles. The first-order valence-corrected chi connectivity index (χ1v) is 6.32. The summed E-state index contributed by atoms with van der Waals surface area (Å²) < 4.78 is 0. The maximum absolute atomic E-state index is 10.9. The minimum absolute atomic E-state index is 0.284. The fourth-order valence-electron chi connectivity index (χ4n) is 3.02. The van der Waals surface area contributed by atoms with Crippen molar-refractivity contribution in [3.8, 4) is 0 Å². The lowest BCUT2D eigenvalue weighted by molar-refractivity contribution is -0.136. The molecule has 2 rings (SSSR count). The van der Waals surface area contributed by atoms with Crippen LogP contribution in [0.5, 0.6) is 0 Å². The Morgan fingerprint density at radius 1 is 1.31 bits per heavy atom. The molecule has 90 valence electrons. The highest BCUT2D eigenvalue weighted by Crippen LogP contribution is 2.52. The van der Waals surface area contributed by atoms with Crippen molar-refractivity contribution in [2.45, 2.75) is 52.9 Å². The average Bonchev–Trinajstić information content (AvgIpc) is 2.77. The van der Waals surface area contributed by atoms with Gasteiger partial charge in [0.15, 0.2) is 0 Å². The topological polar surface area (TPSA) is 37.3 Å². The van der Waals surface area contributed by atoms with E-state index in [9.17, 15) is 4.79 Å². The smallest absolute Gasteiger partial charge is 0.307 e. The lowest BCUT2D eigenvalue weighted by Crippen LogP contribution is -2.38. The van der Waals surface area contributed by atoms with Gasteiger partial charge in [-0.1, -0.05) is 31.9 Å². The van der Waals surface area contributed by atoms with Gasteiger partial charge in [-0.3, -0.25) is 4.79 Å². The monoisotopic (exact) mass is 222 g/mol. The minimum Gasteiger partial charge on any atom is -0.481 e.